The maximum absolute atomic E-state index is 12.9. The van der Waals surface area contributed by atoms with E-state index in [-0.39, 0.29) is 7.21 Å². The van der Waals surface area contributed by atoms with E-state index < -0.39 is 6.09 Å². The summed E-state index contributed by atoms with van der Waals surface area (Å²) in [5, 5.41) is 0.395. The Labute approximate surface area is 193 Å². The number of rotatable bonds is 4. The summed E-state index contributed by atoms with van der Waals surface area (Å²) in [6.07, 6.45) is 1.98. The quantitative estimate of drug-likeness (QED) is 0.537. The van der Waals surface area contributed by atoms with Crippen LogP contribution in [0.1, 0.15) is 29.6 Å². The number of aromatic nitrogens is 2. The molecule has 8 heteroatoms. The highest BCUT2D eigenvalue weighted by atomic mass is 35.5. The Morgan fingerprint density at radius 2 is 1.84 bits per heavy atom. The fourth-order valence-corrected chi connectivity index (χ4v) is 3.78. The highest BCUT2D eigenvalue weighted by Gasteiger charge is 2.23. The predicted molar refractivity (Wildman–Crippen MR) is 125 cm³/mol. The van der Waals surface area contributed by atoms with E-state index in [1.54, 1.807) is 53.6 Å². The number of hydrogen-bond acceptors (Lipinski definition) is 6. The fourth-order valence-electron chi connectivity index (χ4n) is 3.60. The summed E-state index contributed by atoms with van der Waals surface area (Å²) in [5.41, 5.74) is 1.59. The van der Waals surface area contributed by atoms with E-state index in [1.807, 2.05) is 19.1 Å². The Hall–Kier alpha value is -3.45. The smallest absolute Gasteiger partial charge is 0.409 e. The molecule has 0 bridgehead atoms. The van der Waals surface area contributed by atoms with Gasteiger partial charge in [-0.15, -0.1) is 0 Å². The van der Waals surface area contributed by atoms with Crippen molar-refractivity contribution >= 4 is 29.3 Å². The van der Waals surface area contributed by atoms with Crippen LogP contribution < -0.4 is 9.64 Å². The molecule has 0 spiro atoms. The number of hydrogen-bond donors (Lipinski definition) is 0. The van der Waals surface area contributed by atoms with Gasteiger partial charge in [-0.25, -0.2) is 9.78 Å². The summed E-state index contributed by atoms with van der Waals surface area (Å²) < 4.78 is 5.46. The summed E-state index contributed by atoms with van der Waals surface area (Å²) in [4.78, 5) is 38.1. The second-order valence-corrected chi connectivity index (χ2v) is 7.88. The molecule has 1 aromatic carbocycles. The molecule has 166 valence electrons. The zero-order valence-corrected chi connectivity index (χ0v) is 18.5. The summed E-state index contributed by atoms with van der Waals surface area (Å²) in [7, 11) is 0. The molecule has 0 atom stereocenters. The summed E-state index contributed by atoms with van der Waals surface area (Å²) in [6, 6.07) is 15.8. The number of ketones is 1. The highest BCUT2D eigenvalue weighted by Crippen LogP contribution is 2.24. The average Bonchev–Trinajstić information content (AvgIpc) is 3.07. The number of pyridine rings is 2. The molecular weight excluding hydrogens is 428 g/mol. The number of carbonyl (C=O) groups is 2. The highest BCUT2D eigenvalue weighted by molar-refractivity contribution is 6.32. The molecule has 0 radical (unpaired) electrons. The molecule has 4 rings (SSSR count). The molecule has 1 fully saturated rings. The normalized spacial score (nSPS) is 14.1. The minimum absolute atomic E-state index is 0. The van der Waals surface area contributed by atoms with Gasteiger partial charge >= 0.3 is 6.09 Å². The third kappa shape index (κ3) is 4.89. The van der Waals surface area contributed by atoms with Gasteiger partial charge in [0.05, 0.1) is 5.02 Å². The van der Waals surface area contributed by atoms with E-state index in [0.29, 0.717) is 59.7 Å². The lowest BCUT2D eigenvalue weighted by molar-refractivity contribution is 0.103. The largest absolute Gasteiger partial charge is 0.415 e. The summed E-state index contributed by atoms with van der Waals surface area (Å²) >= 11 is 6.09. The first kappa shape index (κ1) is 21.8. The van der Waals surface area contributed by atoms with Crippen molar-refractivity contribution in [2.75, 3.05) is 31.1 Å². The van der Waals surface area contributed by atoms with Crippen LogP contribution in [0.4, 0.5) is 10.6 Å². The molecule has 2 aromatic heterocycles. The number of nitrogens with zero attached hydrogens (tertiary/aromatic N) is 4. The first-order chi connectivity index (χ1) is 15.5. The van der Waals surface area contributed by atoms with Crippen molar-refractivity contribution in [3.05, 3.63) is 82.8 Å². The van der Waals surface area contributed by atoms with Crippen LogP contribution in [0.25, 0.3) is 0 Å². The standard InChI is InChI=1S/C24H23ClN4O3.H2/c1-17-18(7-5-12-26-17)23(30)20-9-4-11-22(27-20)28-13-6-14-29(16-15-28)24(31)32-21-10-3-2-8-19(21)25;/h2-5,7-12H,6,13-16H2,1H3;1H. The molecule has 0 N–H and O–H groups in total. The van der Waals surface area contributed by atoms with Gasteiger partial charge in [-0.05, 0) is 49.7 Å². The van der Waals surface area contributed by atoms with Crippen molar-refractivity contribution in [1.29, 1.82) is 0 Å². The third-order valence-electron chi connectivity index (χ3n) is 5.33. The maximum atomic E-state index is 12.9. The van der Waals surface area contributed by atoms with Gasteiger partial charge in [0.15, 0.2) is 5.75 Å². The molecule has 1 saturated heterocycles. The van der Waals surface area contributed by atoms with E-state index in [4.69, 9.17) is 16.3 Å². The monoisotopic (exact) mass is 452 g/mol. The number of benzene rings is 1. The van der Waals surface area contributed by atoms with E-state index in [0.717, 1.165) is 6.42 Å². The molecule has 3 aromatic rings. The van der Waals surface area contributed by atoms with Gasteiger partial charge in [-0.1, -0.05) is 29.8 Å². The van der Waals surface area contributed by atoms with Gasteiger partial charge in [-0.3, -0.25) is 9.78 Å². The van der Waals surface area contributed by atoms with Gasteiger partial charge in [0.1, 0.15) is 11.5 Å². The number of para-hydroxylation sites is 1. The van der Waals surface area contributed by atoms with Gasteiger partial charge in [0.2, 0.25) is 5.78 Å². The SMILES string of the molecule is Cc1ncccc1C(=O)c1cccc(N2CCCN(C(=O)Oc3ccccc3Cl)CC2)n1.[HH]. The number of halogens is 1. The lowest BCUT2D eigenvalue weighted by Gasteiger charge is -2.23. The van der Waals surface area contributed by atoms with Gasteiger partial charge in [-0.2, -0.15) is 0 Å². The average molecular weight is 453 g/mol. The molecule has 3 heterocycles. The van der Waals surface area contributed by atoms with Crippen molar-refractivity contribution in [2.24, 2.45) is 0 Å². The number of anilines is 1. The van der Waals surface area contributed by atoms with Gasteiger partial charge < -0.3 is 14.5 Å². The van der Waals surface area contributed by atoms with Crippen molar-refractivity contribution in [3.8, 4) is 5.75 Å². The maximum Gasteiger partial charge on any atom is 0.415 e. The first-order valence-corrected chi connectivity index (χ1v) is 10.8. The molecular formula is C24H25ClN4O3. The molecule has 1 aliphatic heterocycles. The second-order valence-electron chi connectivity index (χ2n) is 7.47. The fraction of sp³-hybridized carbons (Fsp3) is 0.250. The number of ether oxygens (including phenoxy) is 1. The molecule has 0 saturated carbocycles. The Morgan fingerprint density at radius 1 is 1.00 bits per heavy atom. The van der Waals surface area contributed by atoms with Gasteiger partial charge in [0, 0.05) is 45.1 Å². The minimum atomic E-state index is -0.427. The van der Waals surface area contributed by atoms with Crippen LogP contribution in [0.2, 0.25) is 5.02 Å². The van der Waals surface area contributed by atoms with E-state index >= 15 is 0 Å². The predicted octanol–water partition coefficient (Wildman–Crippen LogP) is 4.63. The van der Waals surface area contributed by atoms with E-state index in [1.165, 1.54) is 0 Å². The third-order valence-corrected chi connectivity index (χ3v) is 5.64. The van der Waals surface area contributed by atoms with Crippen LogP contribution in [-0.4, -0.2) is 52.9 Å². The minimum Gasteiger partial charge on any atom is -0.409 e. The molecule has 7 nitrogen and oxygen atoms in total. The molecule has 0 unspecified atom stereocenters. The zero-order chi connectivity index (χ0) is 22.5. The Balaban J connectivity index is 0.00000306. The van der Waals surface area contributed by atoms with Crippen molar-refractivity contribution in [2.45, 2.75) is 13.3 Å². The number of aryl methyl sites for hydroxylation is 1. The van der Waals surface area contributed by atoms with Crippen LogP contribution in [0.15, 0.2) is 60.8 Å². The Morgan fingerprint density at radius 3 is 2.66 bits per heavy atom. The first-order valence-electron chi connectivity index (χ1n) is 10.4. The molecule has 1 aliphatic rings. The van der Waals surface area contributed by atoms with Crippen LogP contribution in [0, 0.1) is 6.92 Å². The molecule has 0 aliphatic carbocycles. The van der Waals surface area contributed by atoms with Crippen LogP contribution in [0.3, 0.4) is 0 Å². The van der Waals surface area contributed by atoms with Crippen LogP contribution >= 0.6 is 11.6 Å². The molecule has 1 amide bonds. The van der Waals surface area contributed by atoms with Crippen molar-refractivity contribution in [3.63, 3.8) is 0 Å². The van der Waals surface area contributed by atoms with E-state index in [9.17, 15) is 9.59 Å². The van der Waals surface area contributed by atoms with E-state index in [2.05, 4.69) is 14.9 Å². The number of carbonyl (C=O) groups excluding carboxylic acids is 2. The second kappa shape index (κ2) is 9.78. The topological polar surface area (TPSA) is 75.6 Å². The summed E-state index contributed by atoms with van der Waals surface area (Å²) in [5.74, 6) is 0.898. The van der Waals surface area contributed by atoms with Crippen molar-refractivity contribution in [1.82, 2.24) is 14.9 Å². The van der Waals surface area contributed by atoms with Gasteiger partial charge in [0.25, 0.3) is 0 Å². The lowest BCUT2D eigenvalue weighted by Crippen LogP contribution is -2.37. The summed E-state index contributed by atoms with van der Waals surface area (Å²) in [6.45, 7) is 4.14. The van der Waals surface area contributed by atoms with Crippen molar-refractivity contribution < 1.29 is 15.8 Å². The lowest BCUT2D eigenvalue weighted by atomic mass is 10.1. The molecule has 32 heavy (non-hydrogen) atoms. The van der Waals surface area contributed by atoms with Crippen LogP contribution in [-0.2, 0) is 0 Å². The number of amides is 1. The van der Waals surface area contributed by atoms with Crippen LogP contribution in [0.5, 0.6) is 5.75 Å². The zero-order valence-electron chi connectivity index (χ0n) is 17.7. The Kier molecular flexibility index (Phi) is 6.66. The Bertz CT molecular complexity index is 1140.